The van der Waals surface area contributed by atoms with E-state index in [0.717, 1.165) is 17.5 Å². The van der Waals surface area contributed by atoms with Gasteiger partial charge in [0.1, 0.15) is 0 Å². The van der Waals surface area contributed by atoms with Gasteiger partial charge in [-0.2, -0.15) is 0 Å². The van der Waals surface area contributed by atoms with Crippen LogP contribution in [-0.2, 0) is 6.54 Å². The maximum Gasteiger partial charge on any atom is 0.226 e. The number of aromatic nitrogens is 1. The van der Waals surface area contributed by atoms with Crippen molar-refractivity contribution < 1.29 is 4.42 Å². The Morgan fingerprint density at radius 3 is 3.33 bits per heavy atom. The molecule has 62 valence electrons. The predicted molar refractivity (Wildman–Crippen MR) is 46.8 cm³/mol. The average molecular weight is 162 g/mol. The van der Waals surface area contributed by atoms with Crippen molar-refractivity contribution in [3.63, 3.8) is 0 Å². The van der Waals surface area contributed by atoms with Gasteiger partial charge in [-0.1, -0.05) is 0 Å². The lowest BCUT2D eigenvalue weighted by Gasteiger charge is -1.93. The van der Waals surface area contributed by atoms with Gasteiger partial charge >= 0.3 is 0 Å². The Balaban J connectivity index is 2.55. The number of rotatable bonds is 2. The number of nitrogens with one attached hydrogen (secondary N) is 1. The topological polar surface area (TPSA) is 38.1 Å². The fourth-order valence-corrected chi connectivity index (χ4v) is 1.25. The molecule has 0 spiro atoms. The summed E-state index contributed by atoms with van der Waals surface area (Å²) >= 11 is 0. The van der Waals surface area contributed by atoms with Gasteiger partial charge in [-0.15, -0.1) is 0 Å². The lowest BCUT2D eigenvalue weighted by molar-refractivity contribution is 0.596. The van der Waals surface area contributed by atoms with Crippen LogP contribution in [-0.4, -0.2) is 12.0 Å². The van der Waals surface area contributed by atoms with E-state index in [1.54, 1.807) is 12.5 Å². The number of hydrogen-bond donors (Lipinski definition) is 1. The Bertz CT molecular complexity index is 381. The van der Waals surface area contributed by atoms with Gasteiger partial charge in [0.05, 0.1) is 6.26 Å². The van der Waals surface area contributed by atoms with E-state index in [0.29, 0.717) is 5.71 Å². The van der Waals surface area contributed by atoms with Crippen molar-refractivity contribution in [2.45, 2.75) is 6.54 Å². The Kier molecular flexibility index (Phi) is 1.80. The summed E-state index contributed by atoms with van der Waals surface area (Å²) in [7, 11) is 1.91. The van der Waals surface area contributed by atoms with E-state index in [9.17, 15) is 0 Å². The Morgan fingerprint density at radius 1 is 1.58 bits per heavy atom. The molecular weight excluding hydrogens is 152 g/mol. The lowest BCUT2D eigenvalue weighted by Crippen LogP contribution is -2.03. The fraction of sp³-hybridized carbons (Fsp3) is 0.222. The van der Waals surface area contributed by atoms with Gasteiger partial charge in [0.25, 0.3) is 0 Å². The molecule has 1 N–H and O–H groups in total. The molecule has 0 fully saturated rings. The summed E-state index contributed by atoms with van der Waals surface area (Å²) in [6.07, 6.45) is 3.48. The van der Waals surface area contributed by atoms with Gasteiger partial charge in [0.15, 0.2) is 0 Å². The summed E-state index contributed by atoms with van der Waals surface area (Å²) in [6.45, 7) is 0.818. The highest BCUT2D eigenvalue weighted by molar-refractivity contribution is 5.77. The Labute approximate surface area is 70.4 Å². The lowest BCUT2D eigenvalue weighted by atomic mass is 10.2. The summed E-state index contributed by atoms with van der Waals surface area (Å²) in [5, 5.41) is 4.16. The van der Waals surface area contributed by atoms with Crippen LogP contribution in [0.25, 0.3) is 11.1 Å². The van der Waals surface area contributed by atoms with E-state index < -0.39 is 0 Å². The second-order valence-corrected chi connectivity index (χ2v) is 2.65. The third-order valence-corrected chi connectivity index (χ3v) is 1.80. The van der Waals surface area contributed by atoms with Crippen LogP contribution >= 0.6 is 0 Å². The third-order valence-electron chi connectivity index (χ3n) is 1.80. The highest BCUT2D eigenvalue weighted by Crippen LogP contribution is 2.17. The van der Waals surface area contributed by atoms with Crippen molar-refractivity contribution in [3.8, 4) is 0 Å². The molecule has 0 aliphatic heterocycles. The van der Waals surface area contributed by atoms with Crippen molar-refractivity contribution in [1.82, 2.24) is 10.3 Å². The Morgan fingerprint density at radius 2 is 2.50 bits per heavy atom. The first-order valence-electron chi connectivity index (χ1n) is 3.87. The van der Waals surface area contributed by atoms with Gasteiger partial charge in [0, 0.05) is 23.7 Å². The molecule has 0 saturated carbocycles. The molecule has 0 atom stereocenters. The van der Waals surface area contributed by atoms with Gasteiger partial charge in [-0.3, -0.25) is 0 Å². The number of fused-ring (bicyclic) bond motifs is 1. The summed E-state index contributed by atoms with van der Waals surface area (Å²) < 4.78 is 5.25. The minimum Gasteiger partial charge on any atom is -0.446 e. The van der Waals surface area contributed by atoms with Crippen LogP contribution in [0.5, 0.6) is 0 Å². The summed E-state index contributed by atoms with van der Waals surface area (Å²) in [5.41, 5.74) is 1.86. The number of nitrogens with zero attached hydrogens (tertiary/aromatic N) is 1. The molecule has 2 heterocycles. The molecule has 2 aromatic heterocycles. The molecular formula is C9H10N2O. The molecule has 0 radical (unpaired) electrons. The zero-order chi connectivity index (χ0) is 8.39. The van der Waals surface area contributed by atoms with Crippen molar-refractivity contribution >= 4 is 11.1 Å². The molecule has 0 aromatic carbocycles. The second-order valence-electron chi connectivity index (χ2n) is 2.65. The standard InChI is InChI=1S/C9H10N2O/c1-10-5-7-6-12-9-8(7)3-2-4-11-9/h2-4,6,10H,5H2,1H3. The molecule has 0 bridgehead atoms. The number of pyridine rings is 1. The minimum atomic E-state index is 0.711. The Hall–Kier alpha value is -1.35. The second kappa shape index (κ2) is 2.95. The molecule has 12 heavy (non-hydrogen) atoms. The highest BCUT2D eigenvalue weighted by Gasteiger charge is 2.03. The maximum atomic E-state index is 5.25. The molecule has 3 nitrogen and oxygen atoms in total. The summed E-state index contributed by atoms with van der Waals surface area (Å²) in [5.74, 6) is 0. The summed E-state index contributed by atoms with van der Waals surface area (Å²) in [6, 6.07) is 3.93. The van der Waals surface area contributed by atoms with Crippen LogP contribution < -0.4 is 5.32 Å². The van der Waals surface area contributed by atoms with Crippen molar-refractivity contribution in [3.05, 3.63) is 30.2 Å². The number of hydrogen-bond acceptors (Lipinski definition) is 3. The van der Waals surface area contributed by atoms with Gasteiger partial charge in [-0.25, -0.2) is 4.98 Å². The average Bonchev–Trinajstić information content (AvgIpc) is 2.50. The molecule has 2 aromatic rings. The van der Waals surface area contributed by atoms with Crippen molar-refractivity contribution in [1.29, 1.82) is 0 Å². The van der Waals surface area contributed by atoms with Gasteiger partial charge in [-0.05, 0) is 19.2 Å². The van der Waals surface area contributed by atoms with Crippen LogP contribution in [0.1, 0.15) is 5.56 Å². The molecule has 2 rings (SSSR count). The normalized spacial score (nSPS) is 10.8. The maximum absolute atomic E-state index is 5.25. The number of furan rings is 1. The van der Waals surface area contributed by atoms with Crippen LogP contribution in [0, 0.1) is 0 Å². The monoisotopic (exact) mass is 162 g/mol. The smallest absolute Gasteiger partial charge is 0.226 e. The van der Waals surface area contributed by atoms with E-state index in [1.807, 2.05) is 19.2 Å². The molecule has 0 aliphatic rings. The molecule has 3 heteroatoms. The molecule has 0 aliphatic carbocycles. The van der Waals surface area contributed by atoms with Crippen LogP contribution in [0.4, 0.5) is 0 Å². The third kappa shape index (κ3) is 1.08. The van der Waals surface area contributed by atoms with E-state index >= 15 is 0 Å². The first-order valence-corrected chi connectivity index (χ1v) is 3.87. The van der Waals surface area contributed by atoms with Crippen LogP contribution in [0.2, 0.25) is 0 Å². The zero-order valence-corrected chi connectivity index (χ0v) is 6.87. The van der Waals surface area contributed by atoms with E-state index in [4.69, 9.17) is 4.42 Å². The van der Waals surface area contributed by atoms with Gasteiger partial charge in [0.2, 0.25) is 5.71 Å². The molecule has 0 amide bonds. The largest absolute Gasteiger partial charge is 0.446 e. The van der Waals surface area contributed by atoms with Gasteiger partial charge < -0.3 is 9.73 Å². The SMILES string of the molecule is CNCc1coc2ncccc12. The summed E-state index contributed by atoms with van der Waals surface area (Å²) in [4.78, 5) is 4.09. The predicted octanol–water partition coefficient (Wildman–Crippen LogP) is 1.55. The minimum absolute atomic E-state index is 0.711. The van der Waals surface area contributed by atoms with Crippen LogP contribution in [0.3, 0.4) is 0 Å². The van der Waals surface area contributed by atoms with E-state index in [1.165, 1.54) is 0 Å². The first kappa shape index (κ1) is 7.31. The van der Waals surface area contributed by atoms with E-state index in [-0.39, 0.29) is 0 Å². The van der Waals surface area contributed by atoms with Crippen molar-refractivity contribution in [2.24, 2.45) is 0 Å². The zero-order valence-electron chi connectivity index (χ0n) is 6.87. The fourth-order valence-electron chi connectivity index (χ4n) is 1.25. The quantitative estimate of drug-likeness (QED) is 0.728. The van der Waals surface area contributed by atoms with Crippen LogP contribution in [0.15, 0.2) is 29.0 Å². The van der Waals surface area contributed by atoms with Crippen molar-refractivity contribution in [2.75, 3.05) is 7.05 Å². The molecule has 0 saturated heterocycles. The first-order chi connectivity index (χ1) is 5.92. The van der Waals surface area contributed by atoms with E-state index in [2.05, 4.69) is 10.3 Å². The highest BCUT2D eigenvalue weighted by atomic mass is 16.3. The molecule has 0 unspecified atom stereocenters.